The van der Waals surface area contributed by atoms with E-state index in [1.165, 1.54) is 4.90 Å². The Kier molecular flexibility index (Phi) is 4.80. The van der Waals surface area contributed by atoms with Gasteiger partial charge in [0.15, 0.2) is 0 Å². The van der Waals surface area contributed by atoms with Crippen LogP contribution in [0.15, 0.2) is 24.3 Å². The van der Waals surface area contributed by atoms with E-state index in [2.05, 4.69) is 5.32 Å². The number of nitrogens with one attached hydrogen (secondary N) is 1. The highest BCUT2D eigenvalue weighted by atomic mass is 16.4. The van der Waals surface area contributed by atoms with Crippen molar-refractivity contribution in [2.75, 3.05) is 38.6 Å². The van der Waals surface area contributed by atoms with Crippen molar-refractivity contribution in [1.82, 2.24) is 10.2 Å². The molecule has 21 heavy (non-hydrogen) atoms. The highest BCUT2D eigenvalue weighted by Gasteiger charge is 2.31. The third kappa shape index (κ3) is 3.72. The van der Waals surface area contributed by atoms with E-state index in [9.17, 15) is 14.7 Å². The maximum atomic E-state index is 12.3. The maximum absolute atomic E-state index is 12.3. The number of nitrogens with zero attached hydrogens (tertiary/aromatic N) is 2. The van der Waals surface area contributed by atoms with Crippen LogP contribution in [0.25, 0.3) is 0 Å². The topological polar surface area (TPSA) is 72.9 Å². The first-order valence-corrected chi connectivity index (χ1v) is 7.00. The Labute approximate surface area is 124 Å². The van der Waals surface area contributed by atoms with Gasteiger partial charge in [-0.25, -0.2) is 4.79 Å². The van der Waals surface area contributed by atoms with Crippen molar-refractivity contribution >= 4 is 17.7 Å². The number of aliphatic carboxylic acids is 1. The van der Waals surface area contributed by atoms with Gasteiger partial charge < -0.3 is 15.3 Å². The van der Waals surface area contributed by atoms with Gasteiger partial charge in [0.25, 0.3) is 0 Å². The third-order valence-corrected chi connectivity index (χ3v) is 3.58. The van der Waals surface area contributed by atoms with Crippen molar-refractivity contribution in [2.24, 2.45) is 5.92 Å². The lowest BCUT2D eigenvalue weighted by Gasteiger charge is -2.33. The Hall–Kier alpha value is -2.08. The molecule has 0 bridgehead atoms. The number of carboxylic acid groups (broad SMARTS) is 1. The highest BCUT2D eigenvalue weighted by molar-refractivity contribution is 5.94. The van der Waals surface area contributed by atoms with Gasteiger partial charge >= 0.3 is 12.0 Å². The minimum absolute atomic E-state index is 0.208. The number of rotatable bonds is 4. The van der Waals surface area contributed by atoms with Gasteiger partial charge in [0, 0.05) is 25.3 Å². The van der Waals surface area contributed by atoms with E-state index in [0.29, 0.717) is 13.0 Å². The Bertz CT molecular complexity index is 531. The van der Waals surface area contributed by atoms with Crippen LogP contribution in [0, 0.1) is 5.92 Å². The predicted molar refractivity (Wildman–Crippen MR) is 80.6 cm³/mol. The van der Waals surface area contributed by atoms with Gasteiger partial charge in [-0.15, -0.1) is 0 Å². The summed E-state index contributed by atoms with van der Waals surface area (Å²) in [6.45, 7) is 1.48. The zero-order valence-corrected chi connectivity index (χ0v) is 12.4. The molecule has 1 atom stereocenters. The molecule has 2 N–H and O–H groups in total. The summed E-state index contributed by atoms with van der Waals surface area (Å²) in [4.78, 5) is 27.1. The van der Waals surface area contributed by atoms with Crippen molar-refractivity contribution in [3.63, 3.8) is 0 Å². The molecule has 114 valence electrons. The maximum Gasteiger partial charge on any atom is 0.321 e. The number of carbonyl (C=O) groups excluding carboxylic acids is 1. The lowest BCUT2D eigenvalue weighted by Crippen LogP contribution is -2.48. The van der Waals surface area contributed by atoms with E-state index in [1.807, 2.05) is 43.3 Å². The van der Waals surface area contributed by atoms with Crippen LogP contribution in [0.2, 0.25) is 0 Å². The summed E-state index contributed by atoms with van der Waals surface area (Å²) in [5, 5.41) is 12.1. The van der Waals surface area contributed by atoms with Gasteiger partial charge in [0.1, 0.15) is 0 Å². The molecule has 6 nitrogen and oxygen atoms in total. The highest BCUT2D eigenvalue weighted by Crippen LogP contribution is 2.29. The molecule has 0 aliphatic carbocycles. The molecule has 0 aromatic heterocycles. The fourth-order valence-electron chi connectivity index (χ4n) is 2.44. The first-order chi connectivity index (χ1) is 9.99. The average Bonchev–Trinajstić information content (AvgIpc) is 2.45. The summed E-state index contributed by atoms with van der Waals surface area (Å²) in [7, 11) is 3.87. The normalized spacial score (nSPS) is 17.5. The second-order valence-electron chi connectivity index (χ2n) is 5.51. The molecule has 1 aromatic carbocycles. The summed E-state index contributed by atoms with van der Waals surface area (Å²) in [5.41, 5.74) is 1.70. The number of carboxylic acids is 1. The largest absolute Gasteiger partial charge is 0.481 e. The monoisotopic (exact) mass is 291 g/mol. The summed E-state index contributed by atoms with van der Waals surface area (Å²) in [5.74, 6) is -1.42. The molecular weight excluding hydrogens is 270 g/mol. The van der Waals surface area contributed by atoms with E-state index in [-0.39, 0.29) is 12.6 Å². The first kappa shape index (κ1) is 15.3. The van der Waals surface area contributed by atoms with Crippen LogP contribution in [-0.4, -0.2) is 55.7 Å². The number of hydrogen-bond acceptors (Lipinski definition) is 3. The van der Waals surface area contributed by atoms with Crippen molar-refractivity contribution in [3.05, 3.63) is 29.8 Å². The van der Waals surface area contributed by atoms with Gasteiger partial charge in [0.05, 0.1) is 5.92 Å². The summed E-state index contributed by atoms with van der Waals surface area (Å²) >= 11 is 0. The number of likely N-dealkylation sites (N-methyl/N-ethyl adjacent to an activating group) is 1. The molecule has 1 aliphatic rings. The number of anilines is 1. The molecule has 0 radical (unpaired) electrons. The van der Waals surface area contributed by atoms with Crippen LogP contribution in [-0.2, 0) is 11.2 Å². The van der Waals surface area contributed by atoms with Crippen molar-refractivity contribution in [1.29, 1.82) is 0 Å². The van der Waals surface area contributed by atoms with Gasteiger partial charge in [-0.2, -0.15) is 0 Å². The SMILES string of the molecule is CN(C)CCNC(=O)N1CC(C(=O)O)Cc2ccccc21. The lowest BCUT2D eigenvalue weighted by atomic mass is 9.93. The first-order valence-electron chi connectivity index (χ1n) is 7.00. The minimum atomic E-state index is -0.865. The van der Waals surface area contributed by atoms with Crippen LogP contribution in [0.4, 0.5) is 10.5 Å². The van der Waals surface area contributed by atoms with E-state index in [4.69, 9.17) is 0 Å². The lowest BCUT2D eigenvalue weighted by molar-refractivity contribution is -0.141. The number of carbonyl (C=O) groups is 2. The smallest absolute Gasteiger partial charge is 0.321 e. The van der Waals surface area contributed by atoms with Gasteiger partial charge in [-0.1, -0.05) is 18.2 Å². The van der Waals surface area contributed by atoms with Gasteiger partial charge in [-0.3, -0.25) is 9.69 Å². The van der Waals surface area contributed by atoms with E-state index in [1.54, 1.807) is 0 Å². The third-order valence-electron chi connectivity index (χ3n) is 3.58. The number of fused-ring (bicyclic) bond motifs is 1. The van der Waals surface area contributed by atoms with Crippen molar-refractivity contribution in [2.45, 2.75) is 6.42 Å². The number of hydrogen-bond donors (Lipinski definition) is 2. The number of urea groups is 1. The second kappa shape index (κ2) is 6.58. The van der Waals surface area contributed by atoms with E-state index >= 15 is 0 Å². The average molecular weight is 291 g/mol. The quantitative estimate of drug-likeness (QED) is 0.869. The molecule has 6 heteroatoms. The Balaban J connectivity index is 2.13. The fraction of sp³-hybridized carbons (Fsp3) is 0.467. The number of benzene rings is 1. The summed E-state index contributed by atoms with van der Waals surface area (Å²) in [6, 6.07) is 7.23. The van der Waals surface area contributed by atoms with Crippen molar-refractivity contribution in [3.8, 4) is 0 Å². The van der Waals surface area contributed by atoms with E-state index < -0.39 is 11.9 Å². The summed E-state index contributed by atoms with van der Waals surface area (Å²) < 4.78 is 0. The van der Waals surface area contributed by atoms with Gasteiger partial charge in [0.2, 0.25) is 0 Å². The molecule has 2 rings (SSSR count). The van der Waals surface area contributed by atoms with Crippen molar-refractivity contribution < 1.29 is 14.7 Å². The van der Waals surface area contributed by atoms with Crippen LogP contribution in [0.1, 0.15) is 5.56 Å². The fourth-order valence-corrected chi connectivity index (χ4v) is 2.44. The van der Waals surface area contributed by atoms with Crippen LogP contribution in [0.5, 0.6) is 0 Å². The Morgan fingerprint density at radius 2 is 2.10 bits per heavy atom. The zero-order valence-electron chi connectivity index (χ0n) is 12.4. The number of para-hydroxylation sites is 1. The van der Waals surface area contributed by atoms with Crippen LogP contribution in [0.3, 0.4) is 0 Å². The molecule has 1 aliphatic heterocycles. The minimum Gasteiger partial charge on any atom is -0.481 e. The predicted octanol–water partition coefficient (Wildman–Crippen LogP) is 1.02. The molecule has 2 amide bonds. The molecule has 1 aromatic rings. The Morgan fingerprint density at radius 3 is 2.76 bits per heavy atom. The molecule has 1 unspecified atom stereocenters. The molecule has 0 saturated carbocycles. The molecule has 0 fully saturated rings. The van der Waals surface area contributed by atoms with Gasteiger partial charge in [-0.05, 0) is 32.1 Å². The molecular formula is C15H21N3O3. The van der Waals surface area contributed by atoms with Crippen LogP contribution >= 0.6 is 0 Å². The molecule has 1 heterocycles. The standard InChI is InChI=1S/C15H21N3O3/c1-17(2)8-7-16-15(21)18-10-12(14(19)20)9-11-5-3-4-6-13(11)18/h3-6,12H,7-10H2,1-2H3,(H,16,21)(H,19,20). The van der Waals surface area contributed by atoms with Crippen LogP contribution < -0.4 is 10.2 Å². The zero-order chi connectivity index (χ0) is 15.4. The Morgan fingerprint density at radius 1 is 1.38 bits per heavy atom. The second-order valence-corrected chi connectivity index (χ2v) is 5.51. The molecule has 0 spiro atoms. The molecule has 0 saturated heterocycles. The summed E-state index contributed by atoms with van der Waals surface area (Å²) in [6.07, 6.45) is 0.465. The van der Waals surface area contributed by atoms with E-state index in [0.717, 1.165) is 17.8 Å². The number of amides is 2.